The number of Topliss-reactive ketones (excluding diaryl/α,β-unsaturated/α-hetero) is 1. The first-order valence-corrected chi connectivity index (χ1v) is 10.2. The third-order valence-electron chi connectivity index (χ3n) is 5.65. The van der Waals surface area contributed by atoms with E-state index in [1.165, 1.54) is 7.11 Å². The standard InChI is InChI=1S/C25H21N3O4/c1-30-22-11-15(9-10-20(22)31-14-17-6-3-2-5-16(17)12-26)23-18(13-27)25(28)32-21-8-4-7-19(29)24(21)23/h2-3,5-6,9-11,23H,4,7-8,14,28H2,1H3/t23-/m0/s1. The van der Waals surface area contributed by atoms with E-state index in [0.717, 1.165) is 5.56 Å². The lowest BCUT2D eigenvalue weighted by Crippen LogP contribution is -2.27. The van der Waals surface area contributed by atoms with Crippen LogP contribution in [0.2, 0.25) is 0 Å². The number of ketones is 1. The van der Waals surface area contributed by atoms with Crippen molar-refractivity contribution in [2.24, 2.45) is 5.73 Å². The highest BCUT2D eigenvalue weighted by atomic mass is 16.5. The third kappa shape index (κ3) is 3.77. The van der Waals surface area contributed by atoms with Crippen LogP contribution in [0, 0.1) is 22.7 Å². The molecular formula is C25H21N3O4. The second kappa shape index (κ2) is 8.87. The van der Waals surface area contributed by atoms with E-state index in [-0.39, 0.29) is 23.8 Å². The fourth-order valence-corrected chi connectivity index (χ4v) is 4.08. The van der Waals surface area contributed by atoms with Gasteiger partial charge in [0.05, 0.1) is 24.7 Å². The molecule has 0 unspecified atom stereocenters. The van der Waals surface area contributed by atoms with Gasteiger partial charge in [0, 0.05) is 24.0 Å². The summed E-state index contributed by atoms with van der Waals surface area (Å²) < 4.78 is 17.1. The van der Waals surface area contributed by atoms with Gasteiger partial charge in [0.2, 0.25) is 5.88 Å². The zero-order valence-electron chi connectivity index (χ0n) is 17.6. The molecule has 4 rings (SSSR count). The van der Waals surface area contributed by atoms with Gasteiger partial charge in [-0.15, -0.1) is 0 Å². The number of benzene rings is 2. The predicted octanol–water partition coefficient (Wildman–Crippen LogP) is 3.96. The summed E-state index contributed by atoms with van der Waals surface area (Å²) in [7, 11) is 1.52. The highest BCUT2D eigenvalue weighted by Crippen LogP contribution is 2.45. The van der Waals surface area contributed by atoms with Gasteiger partial charge in [0.15, 0.2) is 17.3 Å². The van der Waals surface area contributed by atoms with Crippen molar-refractivity contribution in [3.63, 3.8) is 0 Å². The maximum Gasteiger partial charge on any atom is 0.205 e. The summed E-state index contributed by atoms with van der Waals surface area (Å²) >= 11 is 0. The number of methoxy groups -OCH3 is 1. The second-order valence-electron chi connectivity index (χ2n) is 7.51. The molecule has 2 aromatic rings. The lowest BCUT2D eigenvalue weighted by Gasteiger charge is -2.31. The van der Waals surface area contributed by atoms with Gasteiger partial charge < -0.3 is 19.9 Å². The zero-order chi connectivity index (χ0) is 22.7. The van der Waals surface area contributed by atoms with E-state index in [4.69, 9.17) is 19.9 Å². The van der Waals surface area contributed by atoms with Crippen LogP contribution in [-0.2, 0) is 16.1 Å². The molecular weight excluding hydrogens is 406 g/mol. The molecule has 1 atom stereocenters. The second-order valence-corrected chi connectivity index (χ2v) is 7.51. The van der Waals surface area contributed by atoms with Crippen LogP contribution in [0.3, 0.4) is 0 Å². The van der Waals surface area contributed by atoms with Crippen molar-refractivity contribution < 1.29 is 19.0 Å². The Morgan fingerprint density at radius 2 is 1.94 bits per heavy atom. The molecule has 0 saturated carbocycles. The summed E-state index contributed by atoms with van der Waals surface area (Å²) in [5, 5.41) is 19.0. The summed E-state index contributed by atoms with van der Waals surface area (Å²) in [4.78, 5) is 12.7. The Kier molecular flexibility index (Phi) is 5.83. The molecule has 1 heterocycles. The van der Waals surface area contributed by atoms with Gasteiger partial charge in [0.1, 0.15) is 24.0 Å². The number of hydrogen-bond donors (Lipinski definition) is 1. The number of nitrogens with zero attached hydrogens (tertiary/aromatic N) is 2. The van der Waals surface area contributed by atoms with Crippen LogP contribution < -0.4 is 15.2 Å². The van der Waals surface area contributed by atoms with E-state index in [1.54, 1.807) is 30.3 Å². The minimum absolute atomic E-state index is 0.0263. The van der Waals surface area contributed by atoms with E-state index in [2.05, 4.69) is 12.1 Å². The summed E-state index contributed by atoms with van der Waals surface area (Å²) in [5.74, 6) is 0.844. The van der Waals surface area contributed by atoms with Crippen LogP contribution >= 0.6 is 0 Å². The van der Waals surface area contributed by atoms with Gasteiger partial charge in [0.25, 0.3) is 0 Å². The Morgan fingerprint density at radius 3 is 2.69 bits per heavy atom. The largest absolute Gasteiger partial charge is 0.493 e. The molecule has 32 heavy (non-hydrogen) atoms. The quantitative estimate of drug-likeness (QED) is 0.767. The molecule has 0 amide bonds. The van der Waals surface area contributed by atoms with E-state index in [9.17, 15) is 15.3 Å². The molecule has 2 N–H and O–H groups in total. The Labute approximate surface area is 185 Å². The molecule has 0 aromatic heterocycles. The highest BCUT2D eigenvalue weighted by molar-refractivity contribution is 5.99. The minimum Gasteiger partial charge on any atom is -0.493 e. The van der Waals surface area contributed by atoms with E-state index in [1.807, 2.05) is 12.1 Å². The first-order valence-electron chi connectivity index (χ1n) is 10.2. The molecule has 160 valence electrons. The highest BCUT2D eigenvalue weighted by Gasteiger charge is 2.38. The average Bonchev–Trinajstić information content (AvgIpc) is 2.82. The SMILES string of the molecule is COc1cc([C@H]2C(C#N)=C(N)OC3=C2C(=O)CCC3)ccc1OCc1ccccc1C#N. The topological polar surface area (TPSA) is 118 Å². The van der Waals surface area contributed by atoms with Gasteiger partial charge in [-0.3, -0.25) is 4.79 Å². The maximum absolute atomic E-state index is 12.7. The first kappa shape index (κ1) is 21.0. The Bertz CT molecular complexity index is 1230. The van der Waals surface area contributed by atoms with Crippen molar-refractivity contribution >= 4 is 5.78 Å². The van der Waals surface area contributed by atoms with E-state index >= 15 is 0 Å². The fraction of sp³-hybridized carbons (Fsp3) is 0.240. The van der Waals surface area contributed by atoms with Crippen LogP contribution in [0.5, 0.6) is 11.5 Å². The number of carbonyl (C=O) groups excluding carboxylic acids is 1. The molecule has 1 aliphatic carbocycles. The van der Waals surface area contributed by atoms with Gasteiger partial charge in [-0.05, 0) is 30.2 Å². The van der Waals surface area contributed by atoms with Crippen molar-refractivity contribution in [2.45, 2.75) is 31.8 Å². The number of ether oxygens (including phenoxy) is 3. The molecule has 2 aromatic carbocycles. The lowest BCUT2D eigenvalue weighted by atomic mass is 9.77. The Hall–Kier alpha value is -4.23. The molecule has 0 saturated heterocycles. The van der Waals surface area contributed by atoms with Crippen molar-refractivity contribution in [3.05, 3.63) is 81.9 Å². The summed E-state index contributed by atoms with van der Waals surface area (Å²) in [6, 6.07) is 16.7. The van der Waals surface area contributed by atoms with Gasteiger partial charge in [-0.1, -0.05) is 24.3 Å². The molecule has 0 radical (unpaired) electrons. The maximum atomic E-state index is 12.7. The van der Waals surface area contributed by atoms with Crippen LogP contribution in [0.1, 0.15) is 41.9 Å². The van der Waals surface area contributed by atoms with Crippen LogP contribution in [0.4, 0.5) is 0 Å². The molecule has 0 fully saturated rings. The number of nitrogens with two attached hydrogens (primary N) is 1. The third-order valence-corrected chi connectivity index (χ3v) is 5.65. The van der Waals surface area contributed by atoms with Crippen molar-refractivity contribution in [2.75, 3.05) is 7.11 Å². The van der Waals surface area contributed by atoms with E-state index < -0.39 is 5.92 Å². The molecule has 1 aliphatic heterocycles. The van der Waals surface area contributed by atoms with Crippen molar-refractivity contribution in [1.82, 2.24) is 0 Å². The summed E-state index contributed by atoms with van der Waals surface area (Å²) in [6.45, 7) is 0.195. The number of hydrogen-bond acceptors (Lipinski definition) is 7. The normalized spacial score (nSPS) is 17.7. The van der Waals surface area contributed by atoms with Gasteiger partial charge in [-0.25, -0.2) is 0 Å². The number of allylic oxidation sites excluding steroid dienone is 3. The van der Waals surface area contributed by atoms with Crippen LogP contribution in [-0.4, -0.2) is 12.9 Å². The molecule has 7 heteroatoms. The van der Waals surface area contributed by atoms with E-state index in [0.29, 0.717) is 53.2 Å². The van der Waals surface area contributed by atoms with Crippen molar-refractivity contribution in [3.8, 4) is 23.6 Å². The molecule has 2 aliphatic rings. The zero-order valence-corrected chi connectivity index (χ0v) is 17.6. The lowest BCUT2D eigenvalue weighted by molar-refractivity contribution is -0.116. The predicted molar refractivity (Wildman–Crippen MR) is 115 cm³/mol. The molecule has 7 nitrogen and oxygen atoms in total. The summed E-state index contributed by atoms with van der Waals surface area (Å²) in [6.07, 6.45) is 1.71. The van der Waals surface area contributed by atoms with Crippen LogP contribution in [0.25, 0.3) is 0 Å². The monoisotopic (exact) mass is 427 g/mol. The van der Waals surface area contributed by atoms with Crippen molar-refractivity contribution in [1.29, 1.82) is 10.5 Å². The van der Waals surface area contributed by atoms with Gasteiger partial charge in [-0.2, -0.15) is 10.5 Å². The number of nitriles is 2. The summed E-state index contributed by atoms with van der Waals surface area (Å²) in [5.41, 5.74) is 8.70. The molecule has 0 spiro atoms. The smallest absolute Gasteiger partial charge is 0.205 e. The number of carbonyl (C=O) groups is 1. The van der Waals surface area contributed by atoms with Gasteiger partial charge >= 0.3 is 0 Å². The average molecular weight is 427 g/mol. The fourth-order valence-electron chi connectivity index (χ4n) is 4.08. The van der Waals surface area contributed by atoms with Crippen LogP contribution in [0.15, 0.2) is 65.3 Å². The number of rotatable bonds is 5. The molecule has 0 bridgehead atoms. The Morgan fingerprint density at radius 1 is 1.12 bits per heavy atom. The minimum atomic E-state index is -0.612. The first-order chi connectivity index (χ1) is 15.6. The Balaban J connectivity index is 1.69.